The molecule has 0 spiro atoms. The average Bonchev–Trinajstić information content (AvgIpc) is 2.25. The highest BCUT2D eigenvalue weighted by atomic mass is 32.2. The molecule has 7 heteroatoms. The Labute approximate surface area is 111 Å². The van der Waals surface area contributed by atoms with E-state index in [9.17, 15) is 17.6 Å². The van der Waals surface area contributed by atoms with Gasteiger partial charge in [-0.05, 0) is 44.0 Å². The summed E-state index contributed by atoms with van der Waals surface area (Å²) < 4.78 is 39.4. The summed E-state index contributed by atoms with van der Waals surface area (Å²) in [6.45, 7) is 3.08. The zero-order chi connectivity index (χ0) is 14.6. The van der Waals surface area contributed by atoms with Gasteiger partial charge in [-0.15, -0.1) is 0 Å². The quantitative estimate of drug-likeness (QED) is 0.834. The Kier molecular flexibility index (Phi) is 5.02. The van der Waals surface area contributed by atoms with Crippen LogP contribution in [-0.4, -0.2) is 25.5 Å². The molecule has 2 N–H and O–H groups in total. The largest absolute Gasteiger partial charge is 0.481 e. The number of rotatable bonds is 6. The van der Waals surface area contributed by atoms with Gasteiger partial charge in [0.25, 0.3) is 0 Å². The SMILES string of the molecule is Cc1cc(F)ccc1S(=O)(=O)NC(C)CCC(=O)O. The molecule has 0 amide bonds. The van der Waals surface area contributed by atoms with E-state index in [-0.39, 0.29) is 17.7 Å². The number of halogens is 1. The van der Waals surface area contributed by atoms with Gasteiger partial charge in [0.05, 0.1) is 4.90 Å². The van der Waals surface area contributed by atoms with Crippen LogP contribution < -0.4 is 4.72 Å². The molecule has 0 aliphatic carbocycles. The minimum absolute atomic E-state index is 0.00363. The summed E-state index contributed by atoms with van der Waals surface area (Å²) in [6.07, 6.45) is 0.0703. The summed E-state index contributed by atoms with van der Waals surface area (Å²) >= 11 is 0. The smallest absolute Gasteiger partial charge is 0.303 e. The summed E-state index contributed by atoms with van der Waals surface area (Å²) in [7, 11) is -3.76. The molecule has 0 bridgehead atoms. The molecule has 1 aromatic rings. The predicted octanol–water partition coefficient (Wildman–Crippen LogP) is 1.67. The first-order valence-electron chi connectivity index (χ1n) is 5.72. The Bertz CT molecular complexity index is 571. The van der Waals surface area contributed by atoms with Crippen molar-refractivity contribution in [1.82, 2.24) is 4.72 Å². The van der Waals surface area contributed by atoms with Crippen LogP contribution in [0.1, 0.15) is 25.3 Å². The van der Waals surface area contributed by atoms with E-state index in [1.165, 1.54) is 13.0 Å². The number of sulfonamides is 1. The normalized spacial score (nSPS) is 13.2. The monoisotopic (exact) mass is 289 g/mol. The lowest BCUT2D eigenvalue weighted by molar-refractivity contribution is -0.137. The van der Waals surface area contributed by atoms with Crippen LogP contribution in [0.15, 0.2) is 23.1 Å². The molecule has 1 unspecified atom stereocenters. The maximum absolute atomic E-state index is 12.9. The molecule has 19 heavy (non-hydrogen) atoms. The van der Waals surface area contributed by atoms with Crippen LogP contribution in [0.25, 0.3) is 0 Å². The Hall–Kier alpha value is -1.47. The van der Waals surface area contributed by atoms with Gasteiger partial charge in [0.15, 0.2) is 0 Å². The van der Waals surface area contributed by atoms with E-state index in [4.69, 9.17) is 5.11 Å². The molecular weight excluding hydrogens is 273 g/mol. The van der Waals surface area contributed by atoms with Gasteiger partial charge in [-0.25, -0.2) is 17.5 Å². The van der Waals surface area contributed by atoms with Crippen molar-refractivity contribution in [3.8, 4) is 0 Å². The number of hydrogen-bond donors (Lipinski definition) is 2. The first kappa shape index (κ1) is 15.6. The third-order valence-corrected chi connectivity index (χ3v) is 4.32. The first-order chi connectivity index (χ1) is 8.72. The van der Waals surface area contributed by atoms with Crippen molar-refractivity contribution in [1.29, 1.82) is 0 Å². The van der Waals surface area contributed by atoms with Gasteiger partial charge in [-0.2, -0.15) is 0 Å². The summed E-state index contributed by atoms with van der Waals surface area (Å²) in [5.74, 6) is -1.49. The first-order valence-corrected chi connectivity index (χ1v) is 7.21. The van der Waals surface area contributed by atoms with Crippen molar-refractivity contribution in [2.24, 2.45) is 0 Å². The van der Waals surface area contributed by atoms with Crippen molar-refractivity contribution in [2.75, 3.05) is 0 Å². The standard InChI is InChI=1S/C12H16FNO4S/c1-8-7-10(13)4-5-11(8)19(17,18)14-9(2)3-6-12(15)16/h4-5,7,9,14H,3,6H2,1-2H3,(H,15,16). The van der Waals surface area contributed by atoms with Crippen molar-refractivity contribution in [2.45, 2.75) is 37.6 Å². The zero-order valence-electron chi connectivity index (χ0n) is 10.7. The molecule has 1 aromatic carbocycles. The van der Waals surface area contributed by atoms with E-state index >= 15 is 0 Å². The van der Waals surface area contributed by atoms with Gasteiger partial charge in [0.1, 0.15) is 5.82 Å². The maximum Gasteiger partial charge on any atom is 0.303 e. The van der Waals surface area contributed by atoms with Gasteiger partial charge in [-0.1, -0.05) is 0 Å². The lowest BCUT2D eigenvalue weighted by atomic mass is 10.2. The van der Waals surface area contributed by atoms with Crippen LogP contribution in [0.2, 0.25) is 0 Å². The number of aliphatic carboxylic acids is 1. The highest BCUT2D eigenvalue weighted by Crippen LogP contribution is 2.16. The number of hydrogen-bond acceptors (Lipinski definition) is 3. The topological polar surface area (TPSA) is 83.5 Å². The molecule has 0 heterocycles. The number of nitrogens with one attached hydrogen (secondary N) is 1. The number of benzene rings is 1. The van der Waals surface area contributed by atoms with E-state index in [1.807, 2.05) is 0 Å². The maximum atomic E-state index is 12.9. The van der Waals surface area contributed by atoms with E-state index in [0.29, 0.717) is 5.56 Å². The molecule has 0 fully saturated rings. The van der Waals surface area contributed by atoms with E-state index in [2.05, 4.69) is 4.72 Å². The average molecular weight is 289 g/mol. The van der Waals surface area contributed by atoms with Gasteiger partial charge < -0.3 is 5.11 Å². The summed E-state index contributed by atoms with van der Waals surface area (Å²) in [4.78, 5) is 10.4. The van der Waals surface area contributed by atoms with Crippen molar-refractivity contribution < 1.29 is 22.7 Å². The second kappa shape index (κ2) is 6.12. The fourth-order valence-electron chi connectivity index (χ4n) is 1.64. The number of aryl methyl sites for hydroxylation is 1. The van der Waals surface area contributed by atoms with E-state index in [1.54, 1.807) is 6.92 Å². The molecule has 0 aromatic heterocycles. The molecule has 0 aliphatic rings. The van der Waals surface area contributed by atoms with E-state index < -0.39 is 27.9 Å². The van der Waals surface area contributed by atoms with Crippen molar-refractivity contribution in [3.05, 3.63) is 29.6 Å². The van der Waals surface area contributed by atoms with Crippen molar-refractivity contribution in [3.63, 3.8) is 0 Å². The fourth-order valence-corrected chi connectivity index (χ4v) is 3.15. The fraction of sp³-hybridized carbons (Fsp3) is 0.417. The predicted molar refractivity (Wildman–Crippen MR) is 67.8 cm³/mol. The Morgan fingerprint density at radius 1 is 1.47 bits per heavy atom. The highest BCUT2D eigenvalue weighted by molar-refractivity contribution is 7.89. The highest BCUT2D eigenvalue weighted by Gasteiger charge is 2.20. The summed E-state index contributed by atoms with van der Waals surface area (Å²) in [5, 5.41) is 8.53. The molecule has 0 radical (unpaired) electrons. The third kappa shape index (κ3) is 4.60. The number of carboxylic acid groups (broad SMARTS) is 1. The van der Waals surface area contributed by atoms with Gasteiger partial charge >= 0.3 is 5.97 Å². The summed E-state index contributed by atoms with van der Waals surface area (Å²) in [5.41, 5.74) is 0.304. The molecule has 0 saturated carbocycles. The van der Waals surface area contributed by atoms with Crippen LogP contribution in [0, 0.1) is 12.7 Å². The second-order valence-electron chi connectivity index (χ2n) is 4.36. The molecule has 5 nitrogen and oxygen atoms in total. The third-order valence-electron chi connectivity index (χ3n) is 2.57. The molecule has 0 saturated heterocycles. The van der Waals surface area contributed by atoms with Crippen LogP contribution in [0.5, 0.6) is 0 Å². The van der Waals surface area contributed by atoms with Gasteiger partial charge in [0.2, 0.25) is 10.0 Å². The lowest BCUT2D eigenvalue weighted by Crippen LogP contribution is -2.33. The van der Waals surface area contributed by atoms with Gasteiger partial charge in [-0.3, -0.25) is 4.79 Å². The number of carboxylic acids is 1. The lowest BCUT2D eigenvalue weighted by Gasteiger charge is -2.14. The van der Waals surface area contributed by atoms with Crippen LogP contribution >= 0.6 is 0 Å². The molecule has 0 aliphatic heterocycles. The molecule has 1 rings (SSSR count). The van der Waals surface area contributed by atoms with Gasteiger partial charge in [0, 0.05) is 12.5 Å². The summed E-state index contributed by atoms with van der Waals surface area (Å²) in [6, 6.07) is 2.89. The second-order valence-corrected chi connectivity index (χ2v) is 6.05. The van der Waals surface area contributed by atoms with Crippen molar-refractivity contribution >= 4 is 16.0 Å². The molecular formula is C12H16FNO4S. The Morgan fingerprint density at radius 2 is 2.11 bits per heavy atom. The molecule has 1 atom stereocenters. The van der Waals surface area contributed by atoms with Crippen LogP contribution in [0.3, 0.4) is 0 Å². The van der Waals surface area contributed by atoms with Crippen LogP contribution in [0.4, 0.5) is 4.39 Å². The van der Waals surface area contributed by atoms with Crippen LogP contribution in [-0.2, 0) is 14.8 Å². The Morgan fingerprint density at radius 3 is 2.63 bits per heavy atom. The Balaban J connectivity index is 2.83. The van der Waals surface area contributed by atoms with E-state index in [0.717, 1.165) is 12.1 Å². The zero-order valence-corrected chi connectivity index (χ0v) is 11.5. The minimum atomic E-state index is -3.76. The minimum Gasteiger partial charge on any atom is -0.481 e. The number of carbonyl (C=O) groups is 1. The molecule has 106 valence electrons.